The summed E-state index contributed by atoms with van der Waals surface area (Å²) >= 11 is 0. The van der Waals surface area contributed by atoms with Crippen LogP contribution in [0.15, 0.2) is 30.5 Å². The van der Waals surface area contributed by atoms with Gasteiger partial charge in [-0.1, -0.05) is 0 Å². The molecular weight excluding hydrogens is 276 g/mol. The fourth-order valence-corrected chi connectivity index (χ4v) is 2.16. The summed E-state index contributed by atoms with van der Waals surface area (Å²) in [6.07, 6.45) is 1.55. The quantitative estimate of drug-likeness (QED) is 0.755. The number of benzene rings is 1. The van der Waals surface area contributed by atoms with Gasteiger partial charge in [0.25, 0.3) is 11.6 Å². The molecule has 2 aromatic heterocycles. The number of ether oxygens (including phenoxy) is 2. The molecule has 1 aliphatic heterocycles. The minimum atomic E-state index is -1.20. The van der Waals surface area contributed by atoms with Crippen molar-refractivity contribution in [3.8, 4) is 22.8 Å². The second-order valence-corrected chi connectivity index (χ2v) is 4.35. The molecule has 0 atom stereocenters. The third-order valence-corrected chi connectivity index (χ3v) is 3.10. The van der Waals surface area contributed by atoms with Gasteiger partial charge >= 0.3 is 5.97 Å². The SMILES string of the molecule is O=C(O)c1nc2nccc(-c3ccc4c(c3)OCO4)n2n1. The van der Waals surface area contributed by atoms with E-state index in [2.05, 4.69) is 15.1 Å². The third-order valence-electron chi connectivity index (χ3n) is 3.10. The number of carbonyl (C=O) groups is 1. The van der Waals surface area contributed by atoms with E-state index in [-0.39, 0.29) is 18.4 Å². The molecule has 1 aromatic carbocycles. The number of nitrogens with zero attached hydrogens (tertiary/aromatic N) is 4. The Morgan fingerprint density at radius 1 is 1.24 bits per heavy atom. The lowest BCUT2D eigenvalue weighted by Gasteiger charge is -2.04. The van der Waals surface area contributed by atoms with Crippen LogP contribution in [0, 0.1) is 0 Å². The molecule has 4 rings (SSSR count). The van der Waals surface area contributed by atoms with Gasteiger partial charge in [0.2, 0.25) is 6.79 Å². The zero-order valence-corrected chi connectivity index (χ0v) is 10.6. The summed E-state index contributed by atoms with van der Waals surface area (Å²) in [6, 6.07) is 7.16. The van der Waals surface area contributed by atoms with Crippen molar-refractivity contribution in [3.05, 3.63) is 36.3 Å². The van der Waals surface area contributed by atoms with Crippen LogP contribution in [0.1, 0.15) is 10.6 Å². The molecule has 0 radical (unpaired) electrons. The first-order chi connectivity index (χ1) is 10.2. The third kappa shape index (κ3) is 1.76. The van der Waals surface area contributed by atoms with Crippen molar-refractivity contribution < 1.29 is 19.4 Å². The van der Waals surface area contributed by atoms with Crippen LogP contribution in [0.25, 0.3) is 17.0 Å². The molecule has 8 heteroatoms. The summed E-state index contributed by atoms with van der Waals surface area (Å²) in [6.45, 7) is 0.191. The number of rotatable bonds is 2. The van der Waals surface area contributed by atoms with E-state index in [0.717, 1.165) is 5.56 Å². The van der Waals surface area contributed by atoms with Gasteiger partial charge in [0.1, 0.15) is 0 Å². The lowest BCUT2D eigenvalue weighted by Crippen LogP contribution is -2.00. The Kier molecular flexibility index (Phi) is 2.31. The molecule has 0 bridgehead atoms. The average molecular weight is 284 g/mol. The second kappa shape index (κ2) is 4.17. The predicted octanol–water partition coefficient (Wildman–Crippen LogP) is 1.22. The standard InChI is InChI=1S/C13H8N4O4/c18-12(19)11-15-13-14-4-3-8(17(13)16-11)7-1-2-9-10(5-7)21-6-20-9/h1-5H,6H2,(H,18,19). The normalized spacial score (nSPS) is 12.8. The Bertz CT molecular complexity index is 874. The topological polar surface area (TPSA) is 98.8 Å². The maximum atomic E-state index is 11.0. The fourth-order valence-electron chi connectivity index (χ4n) is 2.16. The Morgan fingerprint density at radius 3 is 2.95 bits per heavy atom. The molecule has 1 aliphatic rings. The van der Waals surface area contributed by atoms with Gasteiger partial charge in [0.15, 0.2) is 11.5 Å². The van der Waals surface area contributed by atoms with Gasteiger partial charge in [-0.05, 0) is 24.3 Å². The maximum Gasteiger partial charge on any atom is 0.375 e. The largest absolute Gasteiger partial charge is 0.475 e. The lowest BCUT2D eigenvalue weighted by atomic mass is 10.1. The molecule has 0 aliphatic carbocycles. The molecule has 8 nitrogen and oxygen atoms in total. The van der Waals surface area contributed by atoms with Crippen molar-refractivity contribution in [2.45, 2.75) is 0 Å². The number of aromatic carboxylic acids is 1. The van der Waals surface area contributed by atoms with E-state index in [1.165, 1.54) is 4.52 Å². The van der Waals surface area contributed by atoms with Gasteiger partial charge in [0, 0.05) is 11.8 Å². The van der Waals surface area contributed by atoms with E-state index in [1.54, 1.807) is 24.4 Å². The zero-order valence-electron chi connectivity index (χ0n) is 10.6. The Labute approximate surface area is 117 Å². The van der Waals surface area contributed by atoms with Crippen LogP contribution < -0.4 is 9.47 Å². The molecule has 1 N–H and O–H groups in total. The van der Waals surface area contributed by atoms with E-state index in [4.69, 9.17) is 14.6 Å². The van der Waals surface area contributed by atoms with Crippen molar-refractivity contribution >= 4 is 11.7 Å². The maximum absolute atomic E-state index is 11.0. The van der Waals surface area contributed by atoms with Gasteiger partial charge < -0.3 is 14.6 Å². The molecule has 3 aromatic rings. The highest BCUT2D eigenvalue weighted by Gasteiger charge is 2.17. The fraction of sp³-hybridized carbons (Fsp3) is 0.0769. The van der Waals surface area contributed by atoms with Crippen molar-refractivity contribution in [1.29, 1.82) is 0 Å². The van der Waals surface area contributed by atoms with Gasteiger partial charge in [-0.25, -0.2) is 9.78 Å². The van der Waals surface area contributed by atoms with Gasteiger partial charge in [-0.2, -0.15) is 9.50 Å². The summed E-state index contributed by atoms with van der Waals surface area (Å²) in [5, 5.41) is 12.9. The highest BCUT2D eigenvalue weighted by Crippen LogP contribution is 2.35. The van der Waals surface area contributed by atoms with Gasteiger partial charge in [0.05, 0.1) is 5.69 Å². The second-order valence-electron chi connectivity index (χ2n) is 4.35. The highest BCUT2D eigenvalue weighted by molar-refractivity contribution is 5.83. The van der Waals surface area contributed by atoms with Crippen LogP contribution in [0.3, 0.4) is 0 Å². The molecule has 0 saturated carbocycles. The minimum absolute atomic E-state index is 0.191. The number of aromatic nitrogens is 4. The zero-order chi connectivity index (χ0) is 14.4. The van der Waals surface area contributed by atoms with E-state index >= 15 is 0 Å². The summed E-state index contributed by atoms with van der Waals surface area (Å²) in [5.41, 5.74) is 1.46. The first kappa shape index (κ1) is 11.6. The van der Waals surface area contributed by atoms with E-state index in [0.29, 0.717) is 17.2 Å². The Hall–Kier alpha value is -3.16. The predicted molar refractivity (Wildman–Crippen MR) is 69.3 cm³/mol. The first-order valence-corrected chi connectivity index (χ1v) is 6.07. The van der Waals surface area contributed by atoms with Crippen molar-refractivity contribution in [2.24, 2.45) is 0 Å². The number of fused-ring (bicyclic) bond motifs is 2. The number of carboxylic acids is 1. The van der Waals surface area contributed by atoms with E-state index < -0.39 is 5.97 Å². The Balaban J connectivity index is 1.91. The molecular formula is C13H8N4O4. The van der Waals surface area contributed by atoms with E-state index in [1.807, 2.05) is 6.07 Å². The molecule has 0 saturated heterocycles. The Morgan fingerprint density at radius 2 is 2.10 bits per heavy atom. The van der Waals surface area contributed by atoms with E-state index in [9.17, 15) is 4.79 Å². The van der Waals surface area contributed by atoms with Crippen LogP contribution in [0.2, 0.25) is 0 Å². The summed E-state index contributed by atoms with van der Waals surface area (Å²) in [7, 11) is 0. The van der Waals surface area contributed by atoms with Crippen molar-refractivity contribution in [3.63, 3.8) is 0 Å². The van der Waals surface area contributed by atoms with Crippen LogP contribution in [0.4, 0.5) is 0 Å². The van der Waals surface area contributed by atoms with Crippen molar-refractivity contribution in [2.75, 3.05) is 6.79 Å². The molecule has 21 heavy (non-hydrogen) atoms. The molecule has 0 amide bonds. The van der Waals surface area contributed by atoms with Gasteiger partial charge in [-0.15, -0.1) is 5.10 Å². The van der Waals surface area contributed by atoms with Crippen LogP contribution in [-0.4, -0.2) is 37.5 Å². The number of hydrogen-bond donors (Lipinski definition) is 1. The van der Waals surface area contributed by atoms with Crippen LogP contribution in [0.5, 0.6) is 11.5 Å². The number of carboxylic acid groups (broad SMARTS) is 1. The molecule has 104 valence electrons. The minimum Gasteiger partial charge on any atom is -0.475 e. The lowest BCUT2D eigenvalue weighted by molar-refractivity contribution is 0.0684. The monoisotopic (exact) mass is 284 g/mol. The van der Waals surface area contributed by atoms with Crippen molar-refractivity contribution in [1.82, 2.24) is 19.6 Å². The van der Waals surface area contributed by atoms with Crippen LogP contribution in [-0.2, 0) is 0 Å². The summed E-state index contributed by atoms with van der Waals surface area (Å²) < 4.78 is 12.0. The molecule has 0 unspecified atom stereocenters. The molecule has 0 spiro atoms. The molecule has 0 fully saturated rings. The number of hydrogen-bond acceptors (Lipinski definition) is 6. The first-order valence-electron chi connectivity index (χ1n) is 6.07. The van der Waals surface area contributed by atoms with Gasteiger partial charge in [-0.3, -0.25) is 0 Å². The highest BCUT2D eigenvalue weighted by atomic mass is 16.7. The summed E-state index contributed by atoms with van der Waals surface area (Å²) in [5.74, 6) is 0.0419. The smallest absolute Gasteiger partial charge is 0.375 e. The van der Waals surface area contributed by atoms with Crippen LogP contribution >= 0.6 is 0 Å². The average Bonchev–Trinajstić information content (AvgIpc) is 3.12. The molecule has 3 heterocycles. The summed E-state index contributed by atoms with van der Waals surface area (Å²) in [4.78, 5) is 18.8.